The van der Waals surface area contributed by atoms with Crippen molar-refractivity contribution in [3.05, 3.63) is 106 Å². The molecule has 0 bridgehead atoms. The van der Waals surface area contributed by atoms with Gasteiger partial charge in [-0.05, 0) is 48.2 Å². The summed E-state index contributed by atoms with van der Waals surface area (Å²) in [5.74, 6) is -0.233. The molecule has 1 saturated heterocycles. The van der Waals surface area contributed by atoms with E-state index in [-0.39, 0.29) is 23.2 Å². The van der Waals surface area contributed by atoms with Crippen molar-refractivity contribution in [2.24, 2.45) is 5.92 Å². The van der Waals surface area contributed by atoms with Crippen LogP contribution in [0.3, 0.4) is 0 Å². The Morgan fingerprint density at radius 3 is 2.51 bits per heavy atom. The van der Waals surface area contributed by atoms with E-state index in [2.05, 4.69) is 5.32 Å². The molecule has 0 spiro atoms. The summed E-state index contributed by atoms with van der Waals surface area (Å²) in [5.41, 5.74) is 3.26. The molecule has 1 N–H and O–H groups in total. The largest absolute Gasteiger partial charge is 0.352 e. The van der Waals surface area contributed by atoms with E-state index in [1.54, 1.807) is 16.7 Å². The van der Waals surface area contributed by atoms with Crippen LogP contribution in [-0.4, -0.2) is 28.5 Å². The second-order valence-electron chi connectivity index (χ2n) is 8.93. The van der Waals surface area contributed by atoms with Crippen molar-refractivity contribution in [2.45, 2.75) is 25.9 Å². The SMILES string of the molecule is O=C(NCc1ccc(F)cc1)C1CCCN(c2nc3ccccc3n(Cc3ccccc3)c2=O)C1. The van der Waals surface area contributed by atoms with Crippen LogP contribution in [0.2, 0.25) is 0 Å². The molecule has 7 heteroatoms. The third kappa shape index (κ3) is 5.09. The second-order valence-corrected chi connectivity index (χ2v) is 8.93. The fraction of sp³-hybridized carbons (Fsp3) is 0.250. The molecule has 1 aromatic heterocycles. The molecule has 178 valence electrons. The van der Waals surface area contributed by atoms with Crippen LogP contribution in [0, 0.1) is 11.7 Å². The van der Waals surface area contributed by atoms with Crippen LogP contribution in [0.15, 0.2) is 83.7 Å². The first-order valence-corrected chi connectivity index (χ1v) is 11.9. The Labute approximate surface area is 203 Å². The van der Waals surface area contributed by atoms with E-state index in [0.717, 1.165) is 35.0 Å². The van der Waals surface area contributed by atoms with Crippen molar-refractivity contribution in [1.82, 2.24) is 14.9 Å². The summed E-state index contributed by atoms with van der Waals surface area (Å²) in [6, 6.07) is 23.6. The van der Waals surface area contributed by atoms with Crippen molar-refractivity contribution in [1.29, 1.82) is 0 Å². The summed E-state index contributed by atoms with van der Waals surface area (Å²) in [4.78, 5) is 33.2. The molecule has 2 heterocycles. The van der Waals surface area contributed by atoms with Crippen LogP contribution in [-0.2, 0) is 17.9 Å². The first-order chi connectivity index (χ1) is 17.1. The van der Waals surface area contributed by atoms with E-state index in [0.29, 0.717) is 32.0 Å². The number of aromatic nitrogens is 2. The maximum absolute atomic E-state index is 13.6. The van der Waals surface area contributed by atoms with Gasteiger partial charge < -0.3 is 10.2 Å². The van der Waals surface area contributed by atoms with Crippen LogP contribution in [0.1, 0.15) is 24.0 Å². The zero-order valence-electron chi connectivity index (χ0n) is 19.4. The van der Waals surface area contributed by atoms with Crippen LogP contribution >= 0.6 is 0 Å². The monoisotopic (exact) mass is 470 g/mol. The van der Waals surface area contributed by atoms with E-state index in [4.69, 9.17) is 4.98 Å². The molecule has 1 amide bonds. The van der Waals surface area contributed by atoms with Gasteiger partial charge in [-0.15, -0.1) is 0 Å². The lowest BCUT2D eigenvalue weighted by Crippen LogP contribution is -2.45. The number of nitrogens with zero attached hydrogens (tertiary/aromatic N) is 3. The molecule has 35 heavy (non-hydrogen) atoms. The molecule has 1 aliphatic rings. The molecular weight excluding hydrogens is 443 g/mol. The van der Waals surface area contributed by atoms with Gasteiger partial charge in [0.15, 0.2) is 5.82 Å². The van der Waals surface area contributed by atoms with Gasteiger partial charge in [0.05, 0.1) is 23.5 Å². The Balaban J connectivity index is 1.38. The number of rotatable bonds is 6. The summed E-state index contributed by atoms with van der Waals surface area (Å²) < 4.78 is 14.9. The number of hydrogen-bond donors (Lipinski definition) is 1. The van der Waals surface area contributed by atoms with Crippen LogP contribution in [0.25, 0.3) is 11.0 Å². The smallest absolute Gasteiger partial charge is 0.294 e. The van der Waals surface area contributed by atoms with Gasteiger partial charge in [-0.2, -0.15) is 0 Å². The van der Waals surface area contributed by atoms with E-state index < -0.39 is 0 Å². The number of hydrogen-bond acceptors (Lipinski definition) is 4. The molecule has 1 unspecified atom stereocenters. The minimum absolute atomic E-state index is 0.0653. The third-order valence-electron chi connectivity index (χ3n) is 6.49. The Hall–Kier alpha value is -4.00. The van der Waals surface area contributed by atoms with E-state index >= 15 is 0 Å². The average molecular weight is 471 g/mol. The van der Waals surface area contributed by atoms with Gasteiger partial charge in [-0.1, -0.05) is 54.6 Å². The van der Waals surface area contributed by atoms with Gasteiger partial charge >= 0.3 is 0 Å². The van der Waals surface area contributed by atoms with Gasteiger partial charge in [-0.25, -0.2) is 9.37 Å². The summed E-state index contributed by atoms with van der Waals surface area (Å²) in [6.45, 7) is 1.90. The number of fused-ring (bicyclic) bond motifs is 1. The minimum Gasteiger partial charge on any atom is -0.352 e. The van der Waals surface area contributed by atoms with Gasteiger partial charge in [0, 0.05) is 19.6 Å². The summed E-state index contributed by atoms with van der Waals surface area (Å²) in [6.07, 6.45) is 1.54. The highest BCUT2D eigenvalue weighted by atomic mass is 19.1. The Morgan fingerprint density at radius 1 is 0.971 bits per heavy atom. The fourth-order valence-corrected chi connectivity index (χ4v) is 4.63. The normalized spacial score (nSPS) is 15.8. The summed E-state index contributed by atoms with van der Waals surface area (Å²) in [7, 11) is 0. The maximum atomic E-state index is 13.6. The Bertz CT molecular complexity index is 1390. The molecule has 0 aliphatic carbocycles. The number of halogens is 1. The number of benzene rings is 3. The highest BCUT2D eigenvalue weighted by Crippen LogP contribution is 2.22. The number of para-hydroxylation sites is 2. The number of carbonyl (C=O) groups excluding carboxylic acids is 1. The lowest BCUT2D eigenvalue weighted by atomic mass is 9.97. The highest BCUT2D eigenvalue weighted by Gasteiger charge is 2.28. The number of anilines is 1. The van der Waals surface area contributed by atoms with Crippen molar-refractivity contribution >= 4 is 22.8 Å². The van der Waals surface area contributed by atoms with E-state index in [1.807, 2.05) is 59.5 Å². The molecule has 0 saturated carbocycles. The fourth-order valence-electron chi connectivity index (χ4n) is 4.63. The molecule has 1 atom stereocenters. The van der Waals surface area contributed by atoms with E-state index in [9.17, 15) is 14.0 Å². The van der Waals surface area contributed by atoms with Crippen LogP contribution in [0.4, 0.5) is 10.2 Å². The van der Waals surface area contributed by atoms with Gasteiger partial charge in [0.1, 0.15) is 5.82 Å². The average Bonchev–Trinajstić information content (AvgIpc) is 2.90. The van der Waals surface area contributed by atoms with Crippen LogP contribution in [0.5, 0.6) is 0 Å². The highest BCUT2D eigenvalue weighted by molar-refractivity contribution is 5.80. The minimum atomic E-state index is -0.302. The van der Waals surface area contributed by atoms with Crippen molar-refractivity contribution in [2.75, 3.05) is 18.0 Å². The molecule has 1 aliphatic heterocycles. The molecule has 5 rings (SSSR count). The molecular formula is C28H27FN4O2. The van der Waals surface area contributed by atoms with E-state index in [1.165, 1.54) is 12.1 Å². The first-order valence-electron chi connectivity index (χ1n) is 11.9. The predicted octanol–water partition coefficient (Wildman–Crippen LogP) is 4.12. The van der Waals surface area contributed by atoms with Gasteiger partial charge in [0.2, 0.25) is 5.91 Å². The number of amides is 1. The maximum Gasteiger partial charge on any atom is 0.294 e. The second kappa shape index (κ2) is 10.1. The summed E-state index contributed by atoms with van der Waals surface area (Å²) in [5, 5.41) is 2.96. The standard InChI is InChI=1S/C28H27FN4O2/c29-23-14-12-20(13-15-23)17-30-27(34)22-9-6-16-32(19-22)26-28(35)33(18-21-7-2-1-3-8-21)25-11-5-4-10-24(25)31-26/h1-5,7-8,10-15,22H,6,9,16-19H2,(H,30,34). The molecule has 4 aromatic rings. The quantitative estimate of drug-likeness (QED) is 0.461. The summed E-state index contributed by atoms with van der Waals surface area (Å²) >= 11 is 0. The number of nitrogens with one attached hydrogen (secondary N) is 1. The van der Waals surface area contributed by atoms with Gasteiger partial charge in [0.25, 0.3) is 5.56 Å². The molecule has 3 aromatic carbocycles. The molecule has 1 fully saturated rings. The Kier molecular flexibility index (Phi) is 6.57. The first kappa shape index (κ1) is 22.8. The Morgan fingerprint density at radius 2 is 1.71 bits per heavy atom. The van der Waals surface area contributed by atoms with Crippen LogP contribution < -0.4 is 15.8 Å². The number of piperidine rings is 1. The molecule has 0 radical (unpaired) electrons. The number of carbonyl (C=O) groups is 1. The topological polar surface area (TPSA) is 67.2 Å². The zero-order chi connectivity index (χ0) is 24.2. The third-order valence-corrected chi connectivity index (χ3v) is 6.49. The van der Waals surface area contributed by atoms with Crippen molar-refractivity contribution in [3.63, 3.8) is 0 Å². The van der Waals surface area contributed by atoms with Crippen molar-refractivity contribution in [3.8, 4) is 0 Å². The van der Waals surface area contributed by atoms with Gasteiger partial charge in [-0.3, -0.25) is 14.2 Å². The zero-order valence-corrected chi connectivity index (χ0v) is 19.4. The predicted molar refractivity (Wildman–Crippen MR) is 135 cm³/mol. The van der Waals surface area contributed by atoms with Crippen molar-refractivity contribution < 1.29 is 9.18 Å². The lowest BCUT2D eigenvalue weighted by Gasteiger charge is -2.32. The molecule has 6 nitrogen and oxygen atoms in total. The lowest BCUT2D eigenvalue weighted by molar-refractivity contribution is -0.125.